The fourth-order valence-corrected chi connectivity index (χ4v) is 1.49. The van der Waals surface area contributed by atoms with E-state index in [4.69, 9.17) is 28.0 Å². The van der Waals surface area contributed by atoms with Crippen LogP contribution < -0.4 is 11.1 Å². The van der Waals surface area contributed by atoms with Crippen LogP contribution in [0.2, 0.25) is 5.02 Å². The van der Waals surface area contributed by atoms with Crippen molar-refractivity contribution in [2.45, 2.75) is 13.0 Å². The van der Waals surface area contributed by atoms with Crippen molar-refractivity contribution in [3.8, 4) is 6.07 Å². The molecular weight excluding hydrogens is 248 g/mol. The summed E-state index contributed by atoms with van der Waals surface area (Å²) in [6.07, 6.45) is 3.30. The lowest BCUT2D eigenvalue weighted by Crippen LogP contribution is -2.28. The maximum atomic E-state index is 8.75. The molecule has 0 heterocycles. The number of allylic oxidation sites excluding steroid dienone is 1. The van der Waals surface area contributed by atoms with Gasteiger partial charge in [0.05, 0.1) is 16.3 Å². The molecule has 5 heteroatoms. The molecule has 0 saturated carbocycles. The summed E-state index contributed by atoms with van der Waals surface area (Å²) in [4.78, 5) is 0. The molecule has 0 bridgehead atoms. The summed E-state index contributed by atoms with van der Waals surface area (Å²) >= 11 is 5.90. The first kappa shape index (κ1) is 14.2. The zero-order chi connectivity index (χ0) is 13.5. The topological polar surface area (TPSA) is 85.7 Å². The van der Waals surface area contributed by atoms with Gasteiger partial charge in [-0.05, 0) is 31.3 Å². The lowest BCUT2D eigenvalue weighted by molar-refractivity contribution is 0.687. The van der Waals surface area contributed by atoms with Crippen molar-refractivity contribution in [1.82, 2.24) is 5.32 Å². The molecule has 0 aliphatic rings. The number of hydrogen-bond acceptors (Lipinski definition) is 4. The normalized spacial score (nSPS) is 12.1. The van der Waals surface area contributed by atoms with E-state index >= 15 is 0 Å². The highest BCUT2D eigenvalue weighted by molar-refractivity contribution is 6.32. The average Bonchev–Trinajstić information content (AvgIpc) is 2.34. The molecule has 1 aromatic rings. The number of nitrogens with zero attached hydrogens (tertiary/aromatic N) is 1. The zero-order valence-electron chi connectivity index (χ0n) is 10.1. The third-order valence-electron chi connectivity index (χ3n) is 2.21. The Bertz CT molecular complexity index is 500. The van der Waals surface area contributed by atoms with Crippen molar-refractivity contribution < 1.29 is 0 Å². The van der Waals surface area contributed by atoms with Crippen LogP contribution in [0.1, 0.15) is 18.1 Å². The Balaban J connectivity index is 2.68. The van der Waals surface area contributed by atoms with E-state index in [2.05, 4.69) is 5.32 Å². The Morgan fingerprint density at radius 1 is 1.67 bits per heavy atom. The van der Waals surface area contributed by atoms with E-state index in [1.165, 1.54) is 0 Å². The van der Waals surface area contributed by atoms with Gasteiger partial charge in [0.1, 0.15) is 6.07 Å². The summed E-state index contributed by atoms with van der Waals surface area (Å²) < 4.78 is 0. The summed E-state index contributed by atoms with van der Waals surface area (Å²) in [5.41, 5.74) is 6.97. The second-order valence-electron chi connectivity index (χ2n) is 3.94. The van der Waals surface area contributed by atoms with Crippen molar-refractivity contribution in [3.63, 3.8) is 0 Å². The van der Waals surface area contributed by atoms with Crippen molar-refractivity contribution in [1.29, 1.82) is 10.7 Å². The highest BCUT2D eigenvalue weighted by Gasteiger charge is 2.03. The molecule has 0 saturated heterocycles. The van der Waals surface area contributed by atoms with E-state index in [-0.39, 0.29) is 6.04 Å². The number of hydrogen-bond donors (Lipinski definition) is 3. The third-order valence-corrected chi connectivity index (χ3v) is 2.52. The number of nitriles is 1. The maximum Gasteiger partial charge on any atom is 0.101 e. The first-order chi connectivity index (χ1) is 8.54. The van der Waals surface area contributed by atoms with Gasteiger partial charge in [-0.25, -0.2) is 0 Å². The zero-order valence-corrected chi connectivity index (χ0v) is 10.8. The van der Waals surface area contributed by atoms with Crippen LogP contribution in [0.5, 0.6) is 0 Å². The van der Waals surface area contributed by atoms with E-state index in [1.807, 2.05) is 13.0 Å². The van der Waals surface area contributed by atoms with Crippen LogP contribution in [0.25, 0.3) is 0 Å². The number of rotatable bonds is 5. The van der Waals surface area contributed by atoms with Crippen LogP contribution in [0.3, 0.4) is 0 Å². The Hall–Kier alpha value is -1.83. The van der Waals surface area contributed by atoms with Gasteiger partial charge in [-0.15, -0.1) is 0 Å². The van der Waals surface area contributed by atoms with Crippen molar-refractivity contribution in [2.24, 2.45) is 5.73 Å². The van der Waals surface area contributed by atoms with E-state index in [1.54, 1.807) is 30.5 Å². The highest BCUT2D eigenvalue weighted by Crippen LogP contribution is 2.17. The molecule has 4 N–H and O–H groups in total. The number of halogens is 1. The standard InChI is InChI=1S/C13H15ClN4/c1-9(16)8-18-5-4-13(17)10-2-3-11(7-15)12(14)6-10/h2-6,9,17-18H,8,16H2,1H3/b5-4-,17-13?/t9-/m0/s1. The largest absolute Gasteiger partial charge is 0.389 e. The smallest absolute Gasteiger partial charge is 0.101 e. The molecule has 1 aromatic carbocycles. The van der Waals surface area contributed by atoms with Gasteiger partial charge in [-0.1, -0.05) is 17.7 Å². The van der Waals surface area contributed by atoms with Gasteiger partial charge < -0.3 is 16.5 Å². The van der Waals surface area contributed by atoms with Gasteiger partial charge >= 0.3 is 0 Å². The average molecular weight is 263 g/mol. The second-order valence-corrected chi connectivity index (χ2v) is 4.35. The van der Waals surface area contributed by atoms with Crippen LogP contribution in [0, 0.1) is 16.7 Å². The van der Waals surface area contributed by atoms with Crippen LogP contribution in [0.15, 0.2) is 30.5 Å². The molecular formula is C13H15ClN4. The summed E-state index contributed by atoms with van der Waals surface area (Å²) in [7, 11) is 0. The number of nitrogens with one attached hydrogen (secondary N) is 2. The van der Waals surface area contributed by atoms with Crippen LogP contribution in [0.4, 0.5) is 0 Å². The summed E-state index contributed by atoms with van der Waals surface area (Å²) in [5.74, 6) is 0. The van der Waals surface area contributed by atoms with Gasteiger partial charge in [0, 0.05) is 18.2 Å². The molecule has 1 atom stereocenters. The first-order valence-electron chi connectivity index (χ1n) is 5.48. The van der Waals surface area contributed by atoms with Crippen molar-refractivity contribution >= 4 is 17.3 Å². The lowest BCUT2D eigenvalue weighted by Gasteiger charge is -2.04. The fraction of sp³-hybridized carbons (Fsp3) is 0.231. The van der Waals surface area contributed by atoms with Gasteiger partial charge in [-0.2, -0.15) is 5.26 Å². The first-order valence-corrected chi connectivity index (χ1v) is 5.86. The summed E-state index contributed by atoms with van der Waals surface area (Å²) in [6.45, 7) is 2.55. The Morgan fingerprint density at radius 3 is 2.94 bits per heavy atom. The highest BCUT2D eigenvalue weighted by atomic mass is 35.5. The third kappa shape index (κ3) is 4.21. The van der Waals surface area contributed by atoms with E-state index in [0.29, 0.717) is 28.4 Å². The van der Waals surface area contributed by atoms with E-state index in [9.17, 15) is 0 Å². The molecule has 4 nitrogen and oxygen atoms in total. The van der Waals surface area contributed by atoms with Crippen LogP contribution >= 0.6 is 11.6 Å². The Labute approximate surface area is 112 Å². The van der Waals surface area contributed by atoms with Crippen LogP contribution in [-0.2, 0) is 0 Å². The summed E-state index contributed by atoms with van der Waals surface area (Å²) in [5, 5.41) is 19.9. The number of benzene rings is 1. The minimum Gasteiger partial charge on any atom is -0.389 e. The minimum absolute atomic E-state index is 0.0631. The van der Waals surface area contributed by atoms with Crippen molar-refractivity contribution in [2.75, 3.05) is 6.54 Å². The SMILES string of the molecule is C[C@H](N)CN/C=C\C(=N)c1ccc(C#N)c(Cl)c1. The quantitative estimate of drug-likeness (QED) is 0.710. The molecule has 1 rings (SSSR count). The van der Waals surface area contributed by atoms with Gasteiger partial charge in [0.25, 0.3) is 0 Å². The van der Waals surface area contributed by atoms with E-state index in [0.717, 1.165) is 0 Å². The van der Waals surface area contributed by atoms with Crippen molar-refractivity contribution in [3.05, 3.63) is 46.6 Å². The maximum absolute atomic E-state index is 8.75. The molecule has 18 heavy (non-hydrogen) atoms. The predicted octanol–water partition coefficient (Wildman–Crippen LogP) is 2.03. The second kappa shape index (κ2) is 6.80. The molecule has 0 aromatic heterocycles. The van der Waals surface area contributed by atoms with E-state index < -0.39 is 0 Å². The Morgan fingerprint density at radius 2 is 2.39 bits per heavy atom. The molecule has 94 valence electrons. The molecule has 0 aliphatic carbocycles. The molecule has 0 unspecified atom stereocenters. The minimum atomic E-state index is 0.0631. The van der Waals surface area contributed by atoms with Crippen LogP contribution in [-0.4, -0.2) is 18.3 Å². The molecule has 0 spiro atoms. The Kier molecular flexibility index (Phi) is 5.37. The molecule has 0 aliphatic heterocycles. The van der Waals surface area contributed by atoms with Gasteiger partial charge in [0.15, 0.2) is 0 Å². The van der Waals surface area contributed by atoms with Gasteiger partial charge in [0.2, 0.25) is 0 Å². The monoisotopic (exact) mass is 262 g/mol. The lowest BCUT2D eigenvalue weighted by atomic mass is 10.1. The fourth-order valence-electron chi connectivity index (χ4n) is 1.27. The molecule has 0 radical (unpaired) electrons. The number of nitrogens with two attached hydrogens (primary N) is 1. The van der Waals surface area contributed by atoms with Gasteiger partial charge in [-0.3, -0.25) is 0 Å². The predicted molar refractivity (Wildman–Crippen MR) is 73.8 cm³/mol. The molecule has 0 fully saturated rings. The molecule has 0 amide bonds. The summed E-state index contributed by atoms with van der Waals surface area (Å²) in [6, 6.07) is 6.96.